The van der Waals surface area contributed by atoms with Gasteiger partial charge >= 0.3 is 5.97 Å². The topological polar surface area (TPSA) is 81.0 Å². The van der Waals surface area contributed by atoms with Crippen LogP contribution in [0.15, 0.2) is 23.1 Å². The van der Waals surface area contributed by atoms with E-state index in [2.05, 4.69) is 0 Å². The van der Waals surface area contributed by atoms with Crippen LogP contribution in [-0.4, -0.2) is 35.5 Å². The first-order valence-electron chi connectivity index (χ1n) is 8.87. The highest BCUT2D eigenvalue weighted by molar-refractivity contribution is 5.89. The van der Waals surface area contributed by atoms with Crippen LogP contribution in [0.3, 0.4) is 0 Å². The predicted octanol–water partition coefficient (Wildman–Crippen LogP) is 2.80. The maximum absolute atomic E-state index is 14.9. The van der Waals surface area contributed by atoms with E-state index in [9.17, 15) is 19.1 Å². The highest BCUT2D eigenvalue weighted by Gasteiger charge is 2.35. The van der Waals surface area contributed by atoms with Crippen molar-refractivity contribution in [3.63, 3.8) is 0 Å². The Morgan fingerprint density at radius 3 is 2.57 bits per heavy atom. The standard InChI is InChI=1S/C20H23FN2O5/c1-6-20(2,3)23-10-12-11(7-16(27-4)18(25)17(12)21)14-8-15(24)13(9-22(14)23)19(26)28-5/h7-9,25H,6,10H2,1-5H3. The molecule has 0 amide bonds. The second-order valence-corrected chi connectivity index (χ2v) is 7.26. The molecule has 7 nitrogen and oxygen atoms in total. The van der Waals surface area contributed by atoms with Gasteiger partial charge in [-0.3, -0.25) is 9.47 Å². The van der Waals surface area contributed by atoms with Crippen LogP contribution in [0, 0.1) is 5.82 Å². The highest BCUT2D eigenvalue weighted by Crippen LogP contribution is 2.42. The van der Waals surface area contributed by atoms with Crippen molar-refractivity contribution in [2.75, 3.05) is 19.2 Å². The molecule has 0 saturated heterocycles. The fraction of sp³-hybridized carbons (Fsp3) is 0.400. The van der Waals surface area contributed by atoms with Crippen molar-refractivity contribution in [1.82, 2.24) is 4.68 Å². The molecule has 8 heteroatoms. The lowest BCUT2D eigenvalue weighted by Crippen LogP contribution is -2.52. The molecule has 0 atom stereocenters. The van der Waals surface area contributed by atoms with Gasteiger partial charge < -0.3 is 19.6 Å². The van der Waals surface area contributed by atoms with Gasteiger partial charge in [0.25, 0.3) is 0 Å². The second-order valence-electron chi connectivity index (χ2n) is 7.26. The number of esters is 1. The fourth-order valence-corrected chi connectivity index (χ4v) is 3.30. The van der Waals surface area contributed by atoms with Gasteiger partial charge in [0.15, 0.2) is 22.7 Å². The van der Waals surface area contributed by atoms with Crippen LogP contribution < -0.4 is 15.2 Å². The third kappa shape index (κ3) is 2.89. The number of nitrogens with zero attached hydrogens (tertiary/aromatic N) is 2. The van der Waals surface area contributed by atoms with Gasteiger partial charge in [-0.2, -0.15) is 0 Å². The Balaban J connectivity index is 2.38. The molecule has 0 aliphatic carbocycles. The molecule has 1 aliphatic heterocycles. The minimum atomic E-state index is -0.790. The van der Waals surface area contributed by atoms with Gasteiger partial charge in [-0.1, -0.05) is 6.92 Å². The SMILES string of the molecule is CCC(C)(C)N1Cc2c(cc(OC)c(O)c2F)-c2cc(=O)c(C(=O)OC)cn21. The van der Waals surface area contributed by atoms with Gasteiger partial charge in [0.05, 0.1) is 32.0 Å². The Morgan fingerprint density at radius 2 is 2.00 bits per heavy atom. The van der Waals surface area contributed by atoms with Crippen LogP contribution in [0.4, 0.5) is 4.39 Å². The number of phenolic OH excluding ortho intramolecular Hbond substituents is 1. The third-order valence-electron chi connectivity index (χ3n) is 5.37. The van der Waals surface area contributed by atoms with Gasteiger partial charge in [-0.25, -0.2) is 9.18 Å². The Morgan fingerprint density at radius 1 is 1.32 bits per heavy atom. The van der Waals surface area contributed by atoms with E-state index < -0.39 is 28.5 Å². The van der Waals surface area contributed by atoms with Gasteiger partial charge in [-0.05, 0) is 26.3 Å². The molecule has 2 aromatic rings. The summed E-state index contributed by atoms with van der Waals surface area (Å²) in [6.45, 7) is 6.06. The lowest BCUT2D eigenvalue weighted by Gasteiger charge is -2.45. The molecule has 0 spiro atoms. The van der Waals surface area contributed by atoms with E-state index in [0.717, 1.165) is 0 Å². The number of carbonyl (C=O) groups excluding carboxylic acids is 1. The van der Waals surface area contributed by atoms with E-state index in [4.69, 9.17) is 9.47 Å². The van der Waals surface area contributed by atoms with Crippen LogP contribution in [0.2, 0.25) is 0 Å². The number of benzene rings is 1. The normalized spacial score (nSPS) is 13.0. The number of aromatic hydroxyl groups is 1. The van der Waals surface area contributed by atoms with Crippen LogP contribution in [0.1, 0.15) is 43.1 Å². The molecule has 0 radical (unpaired) electrons. The molecule has 28 heavy (non-hydrogen) atoms. The maximum Gasteiger partial charge on any atom is 0.343 e. The summed E-state index contributed by atoms with van der Waals surface area (Å²) in [7, 11) is 2.53. The predicted molar refractivity (Wildman–Crippen MR) is 102 cm³/mol. The van der Waals surface area contributed by atoms with Crippen molar-refractivity contribution in [1.29, 1.82) is 0 Å². The highest BCUT2D eigenvalue weighted by atomic mass is 19.1. The molecular weight excluding hydrogens is 367 g/mol. The van der Waals surface area contributed by atoms with E-state index >= 15 is 0 Å². The first-order valence-corrected chi connectivity index (χ1v) is 8.87. The molecule has 3 rings (SSSR count). The minimum absolute atomic E-state index is 0.0319. The molecule has 0 unspecified atom stereocenters. The quantitative estimate of drug-likeness (QED) is 0.809. The molecule has 1 aliphatic rings. The number of carbonyl (C=O) groups is 1. The van der Waals surface area contributed by atoms with Gasteiger partial charge in [0.2, 0.25) is 0 Å². The molecule has 150 valence electrons. The molecule has 0 fully saturated rings. The largest absolute Gasteiger partial charge is 0.502 e. The Bertz CT molecular complexity index is 1010. The zero-order valence-electron chi connectivity index (χ0n) is 16.5. The average Bonchev–Trinajstić information content (AvgIpc) is 2.68. The first kappa shape index (κ1) is 19.7. The summed E-state index contributed by atoms with van der Waals surface area (Å²) in [5.41, 5.74) is -0.00590. The fourth-order valence-electron chi connectivity index (χ4n) is 3.30. The lowest BCUT2D eigenvalue weighted by molar-refractivity contribution is 0.0598. The van der Waals surface area contributed by atoms with E-state index in [0.29, 0.717) is 17.7 Å². The number of hydrogen-bond acceptors (Lipinski definition) is 6. The van der Waals surface area contributed by atoms with Crippen molar-refractivity contribution in [2.24, 2.45) is 0 Å². The molecule has 1 aromatic heterocycles. The smallest absolute Gasteiger partial charge is 0.343 e. The summed E-state index contributed by atoms with van der Waals surface area (Å²) in [5.74, 6) is -2.13. The first-order chi connectivity index (χ1) is 13.2. The zero-order valence-corrected chi connectivity index (χ0v) is 16.5. The van der Waals surface area contributed by atoms with Gasteiger partial charge in [-0.15, -0.1) is 0 Å². The number of pyridine rings is 1. The van der Waals surface area contributed by atoms with Crippen LogP contribution in [-0.2, 0) is 11.3 Å². The Kier molecular flexibility index (Phi) is 4.82. The number of ether oxygens (including phenoxy) is 2. The number of hydrogen-bond donors (Lipinski definition) is 1. The van der Waals surface area contributed by atoms with Crippen molar-refractivity contribution >= 4 is 5.97 Å². The number of rotatable bonds is 4. The minimum Gasteiger partial charge on any atom is -0.502 e. The summed E-state index contributed by atoms with van der Waals surface area (Å²) in [5, 5.41) is 12.0. The summed E-state index contributed by atoms with van der Waals surface area (Å²) < 4.78 is 26.4. The summed E-state index contributed by atoms with van der Waals surface area (Å²) in [4.78, 5) is 24.6. The van der Waals surface area contributed by atoms with Gasteiger partial charge in [0.1, 0.15) is 5.56 Å². The number of phenols is 1. The molecule has 1 N–H and O–H groups in total. The van der Waals surface area contributed by atoms with E-state index in [1.54, 1.807) is 4.68 Å². The second kappa shape index (κ2) is 6.85. The van der Waals surface area contributed by atoms with E-state index in [-0.39, 0.29) is 23.4 Å². The van der Waals surface area contributed by atoms with E-state index in [1.165, 1.54) is 32.5 Å². The van der Waals surface area contributed by atoms with Crippen LogP contribution in [0.25, 0.3) is 11.3 Å². The molecular formula is C20H23FN2O5. The van der Waals surface area contributed by atoms with Crippen LogP contribution >= 0.6 is 0 Å². The Labute approximate surface area is 161 Å². The molecule has 0 bridgehead atoms. The van der Waals surface area contributed by atoms with Crippen molar-refractivity contribution < 1.29 is 23.8 Å². The average molecular weight is 390 g/mol. The Hall–Kier alpha value is -3.03. The monoisotopic (exact) mass is 390 g/mol. The van der Waals surface area contributed by atoms with Crippen molar-refractivity contribution in [3.05, 3.63) is 45.5 Å². The van der Waals surface area contributed by atoms with E-state index in [1.807, 2.05) is 25.8 Å². The lowest BCUT2D eigenvalue weighted by atomic mass is 9.94. The third-order valence-corrected chi connectivity index (χ3v) is 5.37. The zero-order chi connectivity index (χ0) is 20.8. The number of methoxy groups -OCH3 is 2. The summed E-state index contributed by atoms with van der Waals surface area (Å²) in [6.07, 6.45) is 2.13. The number of halogens is 1. The summed E-state index contributed by atoms with van der Waals surface area (Å²) >= 11 is 0. The molecule has 2 heterocycles. The summed E-state index contributed by atoms with van der Waals surface area (Å²) in [6, 6.07) is 2.77. The van der Waals surface area contributed by atoms with Crippen molar-refractivity contribution in [3.8, 4) is 22.8 Å². The molecule has 1 aromatic carbocycles. The maximum atomic E-state index is 14.9. The van der Waals surface area contributed by atoms with Gasteiger partial charge in [0, 0.05) is 23.4 Å². The number of aromatic nitrogens is 1. The van der Waals surface area contributed by atoms with Crippen molar-refractivity contribution in [2.45, 2.75) is 39.3 Å². The van der Waals surface area contributed by atoms with Crippen LogP contribution in [0.5, 0.6) is 11.5 Å². The molecule has 0 saturated carbocycles. The number of fused-ring (bicyclic) bond motifs is 3.